The third-order valence-corrected chi connectivity index (χ3v) is 3.82. The van der Waals surface area contributed by atoms with Crippen LogP contribution in [0.4, 0.5) is 11.4 Å². The SMILES string of the molecule is CC(C)Oc1ccccc1Nc1ccnc(C(=O)NCc2ccccc2)c1. The number of ether oxygens (including phenoxy) is 1. The van der Waals surface area contributed by atoms with Gasteiger partial charge in [0.25, 0.3) is 5.91 Å². The van der Waals surface area contributed by atoms with Crippen LogP contribution in [-0.4, -0.2) is 17.0 Å². The Hall–Kier alpha value is -3.34. The van der Waals surface area contributed by atoms with Gasteiger partial charge < -0.3 is 15.4 Å². The van der Waals surface area contributed by atoms with E-state index in [2.05, 4.69) is 15.6 Å². The van der Waals surface area contributed by atoms with Gasteiger partial charge in [0.1, 0.15) is 11.4 Å². The molecule has 5 heteroatoms. The molecule has 0 aliphatic rings. The summed E-state index contributed by atoms with van der Waals surface area (Å²) >= 11 is 0. The Morgan fingerprint density at radius 3 is 2.56 bits per heavy atom. The fourth-order valence-electron chi connectivity index (χ4n) is 2.58. The van der Waals surface area contributed by atoms with E-state index in [1.165, 1.54) is 0 Å². The molecular formula is C22H23N3O2. The van der Waals surface area contributed by atoms with Gasteiger partial charge >= 0.3 is 0 Å². The minimum atomic E-state index is -0.214. The molecule has 3 aromatic rings. The van der Waals surface area contributed by atoms with Gasteiger partial charge in [0.15, 0.2) is 0 Å². The number of amides is 1. The summed E-state index contributed by atoms with van der Waals surface area (Å²) in [6, 6.07) is 21.0. The molecule has 3 rings (SSSR count). The maximum atomic E-state index is 12.4. The zero-order valence-corrected chi connectivity index (χ0v) is 15.5. The molecule has 0 unspecified atom stereocenters. The number of benzene rings is 2. The Morgan fingerprint density at radius 1 is 1.04 bits per heavy atom. The molecule has 0 aliphatic heterocycles. The molecule has 2 N–H and O–H groups in total. The molecule has 0 saturated carbocycles. The molecule has 5 nitrogen and oxygen atoms in total. The van der Waals surface area contributed by atoms with Crippen LogP contribution in [0, 0.1) is 0 Å². The maximum Gasteiger partial charge on any atom is 0.270 e. The highest BCUT2D eigenvalue weighted by Gasteiger charge is 2.10. The summed E-state index contributed by atoms with van der Waals surface area (Å²) < 4.78 is 5.83. The summed E-state index contributed by atoms with van der Waals surface area (Å²) in [4.78, 5) is 16.6. The number of carbonyl (C=O) groups excluding carboxylic acids is 1. The van der Waals surface area contributed by atoms with Gasteiger partial charge in [-0.05, 0) is 43.7 Å². The second-order valence-corrected chi connectivity index (χ2v) is 6.39. The van der Waals surface area contributed by atoms with Crippen LogP contribution in [0.1, 0.15) is 29.9 Å². The lowest BCUT2D eigenvalue weighted by atomic mass is 10.2. The van der Waals surface area contributed by atoms with Crippen molar-refractivity contribution in [1.82, 2.24) is 10.3 Å². The van der Waals surface area contributed by atoms with Gasteiger partial charge in [-0.25, -0.2) is 0 Å². The van der Waals surface area contributed by atoms with Crippen molar-refractivity contribution in [3.63, 3.8) is 0 Å². The van der Waals surface area contributed by atoms with E-state index in [9.17, 15) is 4.79 Å². The molecule has 0 bridgehead atoms. The molecule has 2 aromatic carbocycles. The van der Waals surface area contributed by atoms with Crippen molar-refractivity contribution in [1.29, 1.82) is 0 Å². The number of nitrogens with zero attached hydrogens (tertiary/aromatic N) is 1. The van der Waals surface area contributed by atoms with Crippen LogP contribution in [0.25, 0.3) is 0 Å². The van der Waals surface area contributed by atoms with E-state index < -0.39 is 0 Å². The van der Waals surface area contributed by atoms with E-state index >= 15 is 0 Å². The van der Waals surface area contributed by atoms with Crippen molar-refractivity contribution in [2.45, 2.75) is 26.5 Å². The Bertz CT molecular complexity index is 895. The predicted octanol–water partition coefficient (Wildman–Crippen LogP) is 4.54. The van der Waals surface area contributed by atoms with E-state index in [4.69, 9.17) is 4.74 Å². The number of aromatic nitrogens is 1. The van der Waals surface area contributed by atoms with Crippen LogP contribution in [0.3, 0.4) is 0 Å². The van der Waals surface area contributed by atoms with Crippen LogP contribution >= 0.6 is 0 Å². The average molecular weight is 361 g/mol. The normalized spacial score (nSPS) is 10.5. The molecule has 138 valence electrons. The predicted molar refractivity (Wildman–Crippen MR) is 107 cm³/mol. The summed E-state index contributed by atoms with van der Waals surface area (Å²) in [6.07, 6.45) is 1.69. The largest absolute Gasteiger partial charge is 0.489 e. The van der Waals surface area contributed by atoms with E-state index in [1.54, 1.807) is 12.3 Å². The number of carbonyl (C=O) groups is 1. The lowest BCUT2D eigenvalue weighted by Crippen LogP contribution is -2.23. The third-order valence-electron chi connectivity index (χ3n) is 3.82. The molecule has 0 radical (unpaired) electrons. The summed E-state index contributed by atoms with van der Waals surface area (Å²) in [7, 11) is 0. The molecule has 0 aliphatic carbocycles. The Kier molecular flexibility index (Phi) is 6.05. The number of hydrogen-bond acceptors (Lipinski definition) is 4. The van der Waals surface area contributed by atoms with Crippen molar-refractivity contribution in [2.24, 2.45) is 0 Å². The van der Waals surface area contributed by atoms with Gasteiger partial charge in [0.2, 0.25) is 0 Å². The Labute approximate surface area is 159 Å². The van der Waals surface area contributed by atoms with Crippen LogP contribution in [0.15, 0.2) is 72.9 Å². The van der Waals surface area contributed by atoms with Gasteiger partial charge in [-0.15, -0.1) is 0 Å². The quantitative estimate of drug-likeness (QED) is 0.648. The highest BCUT2D eigenvalue weighted by molar-refractivity contribution is 5.93. The number of hydrogen-bond donors (Lipinski definition) is 2. The molecule has 1 heterocycles. The minimum absolute atomic E-state index is 0.0738. The zero-order chi connectivity index (χ0) is 19.1. The smallest absolute Gasteiger partial charge is 0.270 e. The number of para-hydroxylation sites is 2. The van der Waals surface area contributed by atoms with Gasteiger partial charge in [-0.1, -0.05) is 42.5 Å². The Morgan fingerprint density at radius 2 is 1.78 bits per heavy atom. The second kappa shape index (κ2) is 8.85. The number of rotatable bonds is 7. The lowest BCUT2D eigenvalue weighted by molar-refractivity contribution is 0.0946. The lowest BCUT2D eigenvalue weighted by Gasteiger charge is -2.15. The van der Waals surface area contributed by atoms with Crippen LogP contribution in [0.2, 0.25) is 0 Å². The topological polar surface area (TPSA) is 63.2 Å². The fraction of sp³-hybridized carbons (Fsp3) is 0.182. The first-order valence-corrected chi connectivity index (χ1v) is 8.92. The van der Waals surface area contributed by atoms with E-state index in [0.29, 0.717) is 12.2 Å². The van der Waals surface area contributed by atoms with Crippen LogP contribution < -0.4 is 15.4 Å². The van der Waals surface area contributed by atoms with E-state index in [0.717, 1.165) is 22.7 Å². The van der Waals surface area contributed by atoms with Crippen molar-refractivity contribution in [3.8, 4) is 5.75 Å². The maximum absolute atomic E-state index is 12.4. The first-order valence-electron chi connectivity index (χ1n) is 8.92. The van der Waals surface area contributed by atoms with Gasteiger partial charge in [0, 0.05) is 18.4 Å². The number of nitrogens with one attached hydrogen (secondary N) is 2. The number of anilines is 2. The summed E-state index contributed by atoms with van der Waals surface area (Å²) in [5, 5.41) is 6.19. The molecular weight excluding hydrogens is 338 g/mol. The van der Waals surface area contributed by atoms with Crippen molar-refractivity contribution in [3.05, 3.63) is 84.2 Å². The van der Waals surface area contributed by atoms with E-state index in [-0.39, 0.29) is 12.0 Å². The molecule has 0 atom stereocenters. The van der Waals surface area contributed by atoms with Gasteiger partial charge in [-0.3, -0.25) is 9.78 Å². The van der Waals surface area contributed by atoms with Crippen LogP contribution in [0.5, 0.6) is 5.75 Å². The third kappa shape index (κ3) is 5.31. The summed E-state index contributed by atoms with van der Waals surface area (Å²) in [5.74, 6) is 0.550. The summed E-state index contributed by atoms with van der Waals surface area (Å²) in [5.41, 5.74) is 3.01. The zero-order valence-electron chi connectivity index (χ0n) is 15.5. The molecule has 0 spiro atoms. The second-order valence-electron chi connectivity index (χ2n) is 6.39. The van der Waals surface area contributed by atoms with Crippen molar-refractivity contribution < 1.29 is 9.53 Å². The molecule has 1 aromatic heterocycles. The first kappa shape index (κ1) is 18.5. The highest BCUT2D eigenvalue weighted by Crippen LogP contribution is 2.28. The molecule has 1 amide bonds. The fourth-order valence-corrected chi connectivity index (χ4v) is 2.58. The Balaban J connectivity index is 1.69. The van der Waals surface area contributed by atoms with Gasteiger partial charge in [0.05, 0.1) is 11.8 Å². The first-order chi connectivity index (χ1) is 13.1. The van der Waals surface area contributed by atoms with Crippen molar-refractivity contribution in [2.75, 3.05) is 5.32 Å². The number of pyridine rings is 1. The molecule has 27 heavy (non-hydrogen) atoms. The highest BCUT2D eigenvalue weighted by atomic mass is 16.5. The van der Waals surface area contributed by atoms with E-state index in [1.807, 2.05) is 74.5 Å². The van der Waals surface area contributed by atoms with Crippen molar-refractivity contribution >= 4 is 17.3 Å². The summed E-state index contributed by atoms with van der Waals surface area (Å²) in [6.45, 7) is 4.43. The van der Waals surface area contributed by atoms with Gasteiger partial charge in [-0.2, -0.15) is 0 Å². The monoisotopic (exact) mass is 361 g/mol. The average Bonchev–Trinajstić information content (AvgIpc) is 2.68. The molecule has 0 fully saturated rings. The molecule has 0 saturated heterocycles. The minimum Gasteiger partial charge on any atom is -0.489 e. The van der Waals surface area contributed by atoms with Crippen LogP contribution in [-0.2, 0) is 6.54 Å². The standard InChI is InChI=1S/C22H23N3O2/c1-16(2)27-21-11-7-6-10-19(21)25-18-12-13-23-20(14-18)22(26)24-15-17-8-4-3-5-9-17/h3-14,16H,15H2,1-2H3,(H,23,25)(H,24,26).